The van der Waals surface area contributed by atoms with Crippen LogP contribution in [-0.2, 0) is 16.1 Å². The fourth-order valence-corrected chi connectivity index (χ4v) is 3.57. The number of nitrogens with one attached hydrogen (secondary N) is 2. The highest BCUT2D eigenvalue weighted by atomic mass is 32.1. The van der Waals surface area contributed by atoms with E-state index in [1.807, 2.05) is 13.8 Å². The molecule has 1 aliphatic heterocycles. The van der Waals surface area contributed by atoms with Crippen LogP contribution in [0.2, 0.25) is 0 Å². The summed E-state index contributed by atoms with van der Waals surface area (Å²) in [6.07, 6.45) is 0.127. The predicted molar refractivity (Wildman–Crippen MR) is 92.4 cm³/mol. The SMILES string of the molecule is COc1ccc2c(c1)C(C(=O)NCc1nc(C)c(C)s1)CC(=O)N2. The van der Waals surface area contributed by atoms with Gasteiger partial charge in [-0.2, -0.15) is 0 Å². The van der Waals surface area contributed by atoms with Crippen molar-refractivity contribution in [2.45, 2.75) is 32.7 Å². The Bertz CT molecular complexity index is 781. The number of benzene rings is 1. The van der Waals surface area contributed by atoms with Gasteiger partial charge in [-0.3, -0.25) is 9.59 Å². The first-order chi connectivity index (χ1) is 11.5. The van der Waals surface area contributed by atoms with Crippen LogP contribution < -0.4 is 15.4 Å². The van der Waals surface area contributed by atoms with Crippen LogP contribution in [0.1, 0.15) is 33.5 Å². The van der Waals surface area contributed by atoms with Gasteiger partial charge in [-0.1, -0.05) is 0 Å². The van der Waals surface area contributed by atoms with Crippen LogP contribution >= 0.6 is 11.3 Å². The Morgan fingerprint density at radius 1 is 1.46 bits per heavy atom. The van der Waals surface area contributed by atoms with Crippen LogP contribution in [0.15, 0.2) is 18.2 Å². The quantitative estimate of drug-likeness (QED) is 0.892. The minimum absolute atomic E-state index is 0.127. The van der Waals surface area contributed by atoms with Gasteiger partial charge >= 0.3 is 0 Å². The van der Waals surface area contributed by atoms with E-state index in [-0.39, 0.29) is 18.2 Å². The van der Waals surface area contributed by atoms with Gasteiger partial charge in [0.05, 0.1) is 25.3 Å². The first kappa shape index (κ1) is 16.4. The van der Waals surface area contributed by atoms with E-state index in [1.54, 1.807) is 36.6 Å². The maximum absolute atomic E-state index is 12.6. The number of anilines is 1. The lowest BCUT2D eigenvalue weighted by atomic mass is 9.89. The third-order valence-corrected chi connectivity index (χ3v) is 5.17. The molecule has 6 nitrogen and oxygen atoms in total. The van der Waals surface area contributed by atoms with Gasteiger partial charge in [-0.05, 0) is 37.6 Å². The molecule has 0 radical (unpaired) electrons. The summed E-state index contributed by atoms with van der Waals surface area (Å²) in [5.41, 5.74) is 2.42. The van der Waals surface area contributed by atoms with Crippen LogP contribution in [0.25, 0.3) is 0 Å². The standard InChI is InChI=1S/C17H19N3O3S/c1-9-10(2)24-16(19-9)8-18-17(22)13-7-15(21)20-14-5-4-11(23-3)6-12(13)14/h4-6,13H,7-8H2,1-3H3,(H,18,22)(H,20,21). The lowest BCUT2D eigenvalue weighted by Crippen LogP contribution is -2.34. The number of methoxy groups -OCH3 is 1. The van der Waals surface area contributed by atoms with Crippen LogP contribution in [0.4, 0.5) is 5.69 Å². The Balaban J connectivity index is 1.78. The number of thiazole rings is 1. The van der Waals surface area contributed by atoms with E-state index in [9.17, 15) is 9.59 Å². The normalized spacial score (nSPS) is 16.3. The Morgan fingerprint density at radius 3 is 2.92 bits per heavy atom. The number of carbonyl (C=O) groups excluding carboxylic acids is 2. The van der Waals surface area contributed by atoms with Crippen molar-refractivity contribution < 1.29 is 14.3 Å². The zero-order valence-electron chi connectivity index (χ0n) is 13.8. The smallest absolute Gasteiger partial charge is 0.228 e. The van der Waals surface area contributed by atoms with Crippen molar-refractivity contribution in [3.63, 3.8) is 0 Å². The molecule has 2 amide bonds. The van der Waals surface area contributed by atoms with Gasteiger partial charge < -0.3 is 15.4 Å². The van der Waals surface area contributed by atoms with Crippen molar-refractivity contribution in [1.29, 1.82) is 0 Å². The zero-order valence-corrected chi connectivity index (χ0v) is 14.6. The van der Waals surface area contributed by atoms with E-state index in [2.05, 4.69) is 15.6 Å². The van der Waals surface area contributed by atoms with Crippen LogP contribution in [0, 0.1) is 13.8 Å². The number of nitrogens with zero attached hydrogens (tertiary/aromatic N) is 1. The Kier molecular flexibility index (Phi) is 4.53. The highest BCUT2D eigenvalue weighted by Gasteiger charge is 2.31. The van der Waals surface area contributed by atoms with Gasteiger partial charge in [-0.25, -0.2) is 4.98 Å². The minimum Gasteiger partial charge on any atom is -0.497 e. The van der Waals surface area contributed by atoms with Crippen molar-refractivity contribution in [1.82, 2.24) is 10.3 Å². The summed E-state index contributed by atoms with van der Waals surface area (Å²) in [4.78, 5) is 30.1. The number of ether oxygens (including phenoxy) is 1. The summed E-state index contributed by atoms with van der Waals surface area (Å²) in [5.74, 6) is -0.196. The fourth-order valence-electron chi connectivity index (χ4n) is 2.70. The van der Waals surface area contributed by atoms with Crippen LogP contribution in [0.5, 0.6) is 5.75 Å². The number of aryl methyl sites for hydroxylation is 2. The number of carbonyl (C=O) groups is 2. The van der Waals surface area contributed by atoms with E-state index in [0.717, 1.165) is 21.1 Å². The summed E-state index contributed by atoms with van der Waals surface area (Å²) >= 11 is 1.57. The van der Waals surface area contributed by atoms with Gasteiger partial charge in [0.25, 0.3) is 0 Å². The number of aromatic nitrogens is 1. The molecule has 126 valence electrons. The lowest BCUT2D eigenvalue weighted by Gasteiger charge is -2.25. The fraction of sp³-hybridized carbons (Fsp3) is 0.353. The van der Waals surface area contributed by atoms with Gasteiger partial charge in [0.2, 0.25) is 11.8 Å². The summed E-state index contributed by atoms with van der Waals surface area (Å²) in [7, 11) is 1.57. The highest BCUT2D eigenvalue weighted by Crippen LogP contribution is 2.35. The second-order valence-electron chi connectivity index (χ2n) is 5.73. The number of hydrogen-bond donors (Lipinski definition) is 2. The van der Waals surface area contributed by atoms with Crippen molar-refractivity contribution in [2.24, 2.45) is 0 Å². The van der Waals surface area contributed by atoms with E-state index >= 15 is 0 Å². The summed E-state index contributed by atoms with van der Waals surface area (Å²) < 4.78 is 5.23. The molecule has 2 heterocycles. The number of fused-ring (bicyclic) bond motifs is 1. The van der Waals surface area contributed by atoms with Gasteiger partial charge in [0.15, 0.2) is 0 Å². The van der Waals surface area contributed by atoms with E-state index in [0.29, 0.717) is 18.0 Å². The third-order valence-electron chi connectivity index (χ3n) is 4.10. The van der Waals surface area contributed by atoms with Gasteiger partial charge in [0, 0.05) is 17.0 Å². The first-order valence-electron chi connectivity index (χ1n) is 7.66. The molecule has 2 N–H and O–H groups in total. The largest absolute Gasteiger partial charge is 0.497 e. The Hall–Kier alpha value is -2.41. The maximum Gasteiger partial charge on any atom is 0.228 e. The Morgan fingerprint density at radius 2 is 2.25 bits per heavy atom. The number of rotatable bonds is 4. The zero-order chi connectivity index (χ0) is 17.3. The highest BCUT2D eigenvalue weighted by molar-refractivity contribution is 7.11. The van der Waals surface area contributed by atoms with Crippen molar-refractivity contribution >= 4 is 28.8 Å². The minimum atomic E-state index is -0.522. The third kappa shape index (κ3) is 3.26. The average Bonchev–Trinajstić information content (AvgIpc) is 2.89. The maximum atomic E-state index is 12.6. The summed E-state index contributed by atoms with van der Waals surface area (Å²) in [6.45, 7) is 4.33. The van der Waals surface area contributed by atoms with Gasteiger partial charge in [0.1, 0.15) is 10.8 Å². The molecule has 1 atom stereocenters. The molecule has 0 saturated carbocycles. The Labute approximate surface area is 144 Å². The van der Waals surface area contributed by atoms with E-state index in [4.69, 9.17) is 4.74 Å². The second kappa shape index (κ2) is 6.60. The molecule has 1 aromatic carbocycles. The average molecular weight is 345 g/mol. The second-order valence-corrected chi connectivity index (χ2v) is 7.01. The molecule has 0 fully saturated rings. The molecule has 3 rings (SSSR count). The molecule has 1 aliphatic rings. The number of hydrogen-bond acceptors (Lipinski definition) is 5. The predicted octanol–water partition coefficient (Wildman–Crippen LogP) is 2.51. The summed E-state index contributed by atoms with van der Waals surface area (Å²) in [6, 6.07) is 5.33. The summed E-state index contributed by atoms with van der Waals surface area (Å²) in [5, 5.41) is 6.56. The molecule has 0 aliphatic carbocycles. The molecule has 7 heteroatoms. The van der Waals surface area contributed by atoms with Crippen LogP contribution in [-0.4, -0.2) is 23.9 Å². The molecule has 1 aromatic heterocycles. The molecule has 0 bridgehead atoms. The molecular weight excluding hydrogens is 326 g/mol. The van der Waals surface area contributed by atoms with Gasteiger partial charge in [-0.15, -0.1) is 11.3 Å². The first-order valence-corrected chi connectivity index (χ1v) is 8.48. The molecule has 0 spiro atoms. The number of amides is 2. The molecule has 24 heavy (non-hydrogen) atoms. The molecule has 0 saturated heterocycles. The lowest BCUT2D eigenvalue weighted by molar-refractivity contribution is -0.126. The topological polar surface area (TPSA) is 80.3 Å². The van der Waals surface area contributed by atoms with Crippen LogP contribution in [0.3, 0.4) is 0 Å². The molecule has 1 unspecified atom stereocenters. The van der Waals surface area contributed by atoms with Crippen molar-refractivity contribution in [2.75, 3.05) is 12.4 Å². The monoisotopic (exact) mass is 345 g/mol. The van der Waals surface area contributed by atoms with E-state index in [1.165, 1.54) is 0 Å². The van der Waals surface area contributed by atoms with Crippen molar-refractivity contribution in [3.8, 4) is 5.75 Å². The molecule has 2 aromatic rings. The van der Waals surface area contributed by atoms with E-state index < -0.39 is 5.92 Å². The molecular formula is C17H19N3O3S. The van der Waals surface area contributed by atoms with Crippen molar-refractivity contribution in [3.05, 3.63) is 39.3 Å².